The second kappa shape index (κ2) is 10.3. The maximum atomic E-state index is 12.9. The summed E-state index contributed by atoms with van der Waals surface area (Å²) in [5, 5.41) is -0.320. The van der Waals surface area contributed by atoms with Gasteiger partial charge in [0.25, 0.3) is 11.1 Å². The number of carbonyl (C=O) groups is 2. The lowest BCUT2D eigenvalue weighted by molar-refractivity contribution is -0.113. The van der Waals surface area contributed by atoms with Crippen molar-refractivity contribution in [1.29, 1.82) is 0 Å². The lowest BCUT2D eigenvalue weighted by atomic mass is 10.1. The minimum atomic E-state index is -0.343. The highest BCUT2D eigenvalue weighted by molar-refractivity contribution is 9.10. The number of aryl methyl sites for hydroxylation is 1. The van der Waals surface area contributed by atoms with Gasteiger partial charge in [-0.25, -0.2) is 4.90 Å². The van der Waals surface area contributed by atoms with Gasteiger partial charge in [-0.05, 0) is 83.0 Å². The van der Waals surface area contributed by atoms with Crippen molar-refractivity contribution in [2.45, 2.75) is 20.5 Å². The number of anilines is 1. The number of benzene rings is 3. The Bertz CT molecular complexity index is 1210. The molecule has 7 heteroatoms. The van der Waals surface area contributed by atoms with E-state index < -0.39 is 0 Å². The van der Waals surface area contributed by atoms with E-state index >= 15 is 0 Å². The number of imide groups is 1. The van der Waals surface area contributed by atoms with Gasteiger partial charge in [-0.3, -0.25) is 9.59 Å². The van der Waals surface area contributed by atoms with Crippen LogP contribution in [0.3, 0.4) is 0 Å². The number of rotatable bonds is 7. The van der Waals surface area contributed by atoms with E-state index in [1.807, 2.05) is 56.3 Å². The molecule has 1 heterocycles. The Labute approximate surface area is 205 Å². The van der Waals surface area contributed by atoms with Crippen molar-refractivity contribution in [2.24, 2.45) is 0 Å². The van der Waals surface area contributed by atoms with E-state index in [0.717, 1.165) is 22.9 Å². The minimum Gasteiger partial charge on any atom is -0.490 e. The van der Waals surface area contributed by atoms with Crippen LogP contribution in [0.2, 0.25) is 0 Å². The number of thioether (sulfide) groups is 1. The Balaban J connectivity index is 1.59. The zero-order valence-corrected chi connectivity index (χ0v) is 20.6. The molecule has 3 aromatic carbocycles. The maximum absolute atomic E-state index is 12.9. The monoisotopic (exact) mass is 523 g/mol. The highest BCUT2D eigenvalue weighted by Gasteiger charge is 2.36. The summed E-state index contributed by atoms with van der Waals surface area (Å²) in [7, 11) is 0. The zero-order valence-electron chi connectivity index (χ0n) is 18.2. The molecule has 0 aromatic heterocycles. The van der Waals surface area contributed by atoms with E-state index in [2.05, 4.69) is 15.9 Å². The molecule has 1 saturated heterocycles. The van der Waals surface area contributed by atoms with Crippen LogP contribution in [-0.4, -0.2) is 17.8 Å². The number of ether oxygens (including phenoxy) is 2. The van der Waals surface area contributed by atoms with Crippen molar-refractivity contribution in [3.8, 4) is 11.5 Å². The summed E-state index contributed by atoms with van der Waals surface area (Å²) < 4.78 is 12.6. The van der Waals surface area contributed by atoms with Crippen LogP contribution in [0.25, 0.3) is 6.08 Å². The predicted octanol–water partition coefficient (Wildman–Crippen LogP) is 6.98. The van der Waals surface area contributed by atoms with E-state index in [9.17, 15) is 9.59 Å². The average molecular weight is 524 g/mol. The number of amides is 2. The highest BCUT2D eigenvalue weighted by atomic mass is 79.9. The van der Waals surface area contributed by atoms with Gasteiger partial charge < -0.3 is 9.47 Å². The van der Waals surface area contributed by atoms with Crippen molar-refractivity contribution in [3.05, 3.63) is 92.8 Å². The molecule has 33 heavy (non-hydrogen) atoms. The molecule has 0 aliphatic carbocycles. The third kappa shape index (κ3) is 5.31. The van der Waals surface area contributed by atoms with Crippen LogP contribution < -0.4 is 14.4 Å². The van der Waals surface area contributed by atoms with Gasteiger partial charge >= 0.3 is 0 Å². The Morgan fingerprint density at radius 2 is 1.73 bits per heavy atom. The van der Waals surface area contributed by atoms with Crippen molar-refractivity contribution in [3.63, 3.8) is 0 Å². The third-order valence-corrected chi connectivity index (χ3v) is 6.40. The Morgan fingerprint density at radius 3 is 2.42 bits per heavy atom. The smallest absolute Gasteiger partial charge is 0.298 e. The number of nitrogens with zero attached hydrogens (tertiary/aromatic N) is 1. The van der Waals surface area contributed by atoms with Crippen LogP contribution in [0.1, 0.15) is 23.6 Å². The molecule has 168 valence electrons. The van der Waals surface area contributed by atoms with Gasteiger partial charge in [-0.2, -0.15) is 0 Å². The number of halogens is 1. The largest absolute Gasteiger partial charge is 0.490 e. The first-order chi connectivity index (χ1) is 16.0. The van der Waals surface area contributed by atoms with E-state index in [-0.39, 0.29) is 11.1 Å². The maximum Gasteiger partial charge on any atom is 0.298 e. The second-order valence-electron chi connectivity index (χ2n) is 7.39. The first kappa shape index (κ1) is 23.1. The number of hydrogen-bond donors (Lipinski definition) is 0. The molecule has 5 nitrogen and oxygen atoms in total. The molecule has 0 saturated carbocycles. The van der Waals surface area contributed by atoms with Crippen molar-refractivity contribution >= 4 is 50.6 Å². The van der Waals surface area contributed by atoms with Crippen molar-refractivity contribution in [1.82, 2.24) is 0 Å². The summed E-state index contributed by atoms with van der Waals surface area (Å²) in [6.45, 7) is 4.80. The van der Waals surface area contributed by atoms with Gasteiger partial charge in [0.2, 0.25) is 0 Å². The van der Waals surface area contributed by atoms with Crippen molar-refractivity contribution in [2.75, 3.05) is 11.5 Å². The van der Waals surface area contributed by atoms with E-state index in [4.69, 9.17) is 9.47 Å². The standard InChI is InChI=1S/C26H22BrNO4S/c1-3-31-22-14-19(13-21(27)24(22)32-16-18-11-9-17(2)10-12-18)15-23-25(29)28(26(30)33-23)20-7-5-4-6-8-20/h4-15H,3,16H2,1-2H3/b23-15-. The van der Waals surface area contributed by atoms with Crippen LogP contribution in [0.15, 0.2) is 76.1 Å². The van der Waals surface area contributed by atoms with Crippen molar-refractivity contribution < 1.29 is 19.1 Å². The molecule has 1 fully saturated rings. The quantitative estimate of drug-likeness (QED) is 0.312. The topological polar surface area (TPSA) is 55.8 Å². The molecule has 0 atom stereocenters. The lowest BCUT2D eigenvalue weighted by Crippen LogP contribution is -2.27. The molecule has 0 bridgehead atoms. The SMILES string of the molecule is CCOc1cc(/C=C2\SC(=O)N(c3ccccc3)C2=O)cc(Br)c1OCc1ccc(C)cc1. The summed E-state index contributed by atoms with van der Waals surface area (Å²) in [4.78, 5) is 26.9. The van der Waals surface area contributed by atoms with Crippen LogP contribution in [0.5, 0.6) is 11.5 Å². The fraction of sp³-hybridized carbons (Fsp3) is 0.154. The molecule has 2 amide bonds. The number of hydrogen-bond acceptors (Lipinski definition) is 5. The van der Waals surface area contributed by atoms with E-state index in [0.29, 0.717) is 39.8 Å². The molecule has 0 spiro atoms. The summed E-state index contributed by atoms with van der Waals surface area (Å²) in [6, 6.07) is 20.7. The highest BCUT2D eigenvalue weighted by Crippen LogP contribution is 2.40. The van der Waals surface area contributed by atoms with Gasteiger partial charge in [-0.15, -0.1) is 0 Å². The number of para-hydroxylation sites is 1. The lowest BCUT2D eigenvalue weighted by Gasteiger charge is -2.15. The molecule has 0 unspecified atom stereocenters. The summed E-state index contributed by atoms with van der Waals surface area (Å²) in [5.41, 5.74) is 3.52. The van der Waals surface area contributed by atoms with E-state index in [1.165, 1.54) is 10.5 Å². The summed E-state index contributed by atoms with van der Waals surface area (Å²) >= 11 is 4.50. The summed E-state index contributed by atoms with van der Waals surface area (Å²) in [5.74, 6) is 0.810. The first-order valence-electron chi connectivity index (χ1n) is 10.4. The van der Waals surface area contributed by atoms with Crippen LogP contribution in [-0.2, 0) is 11.4 Å². The normalized spacial score (nSPS) is 14.8. The van der Waals surface area contributed by atoms with E-state index in [1.54, 1.807) is 30.3 Å². The first-order valence-corrected chi connectivity index (χ1v) is 12.0. The fourth-order valence-corrected chi connectivity index (χ4v) is 4.75. The Kier molecular flexibility index (Phi) is 7.20. The van der Waals surface area contributed by atoms with Gasteiger partial charge in [0.15, 0.2) is 11.5 Å². The van der Waals surface area contributed by atoms with Gasteiger partial charge in [-0.1, -0.05) is 48.0 Å². The molecule has 1 aliphatic heterocycles. The molecular formula is C26H22BrNO4S. The second-order valence-corrected chi connectivity index (χ2v) is 9.24. The minimum absolute atomic E-state index is 0.320. The third-order valence-electron chi connectivity index (χ3n) is 4.94. The van der Waals surface area contributed by atoms with Crippen LogP contribution >= 0.6 is 27.7 Å². The zero-order chi connectivity index (χ0) is 23.4. The molecule has 0 radical (unpaired) electrons. The van der Waals surface area contributed by atoms with Crippen LogP contribution in [0, 0.1) is 6.92 Å². The number of carbonyl (C=O) groups excluding carboxylic acids is 2. The van der Waals surface area contributed by atoms with Gasteiger partial charge in [0.05, 0.1) is 21.7 Å². The average Bonchev–Trinajstić information content (AvgIpc) is 3.08. The van der Waals surface area contributed by atoms with Gasteiger partial charge in [0.1, 0.15) is 6.61 Å². The predicted molar refractivity (Wildman–Crippen MR) is 136 cm³/mol. The fourth-order valence-electron chi connectivity index (χ4n) is 3.33. The molecule has 4 rings (SSSR count). The van der Waals surface area contributed by atoms with Crippen LogP contribution in [0.4, 0.5) is 10.5 Å². The van der Waals surface area contributed by atoms with Gasteiger partial charge in [0, 0.05) is 0 Å². The Morgan fingerprint density at radius 1 is 1.00 bits per heavy atom. The molecular weight excluding hydrogens is 502 g/mol. The summed E-state index contributed by atoms with van der Waals surface area (Å²) in [6.07, 6.45) is 1.70. The Hall–Kier alpha value is -3.03. The molecule has 3 aromatic rings. The molecule has 1 aliphatic rings. The molecule has 0 N–H and O–H groups in total.